The predicted octanol–water partition coefficient (Wildman–Crippen LogP) is 1.24. The van der Waals surface area contributed by atoms with Gasteiger partial charge < -0.3 is 19.6 Å². The summed E-state index contributed by atoms with van der Waals surface area (Å²) in [5.74, 6) is -0.703. The Morgan fingerprint density at radius 2 is 2.18 bits per heavy atom. The fourth-order valence-corrected chi connectivity index (χ4v) is 1.11. The summed E-state index contributed by atoms with van der Waals surface area (Å²) >= 11 is 0. The molecule has 1 heterocycles. The zero-order valence-electron chi connectivity index (χ0n) is 9.50. The van der Waals surface area contributed by atoms with E-state index < -0.39 is 10.9 Å². The maximum Gasteiger partial charge on any atom is 0.406 e. The average Bonchev–Trinajstić information content (AvgIpc) is 2.25. The van der Waals surface area contributed by atoms with Gasteiger partial charge in [0.1, 0.15) is 18.9 Å². The zero-order chi connectivity index (χ0) is 12.8. The van der Waals surface area contributed by atoms with Crippen molar-refractivity contribution >= 4 is 11.8 Å². The molecule has 0 N–H and O–H groups in total. The molecule has 0 aromatic carbocycles. The summed E-state index contributed by atoms with van der Waals surface area (Å²) in [6.45, 7) is 3.01. The molecule has 1 aromatic rings. The number of esters is 1. The van der Waals surface area contributed by atoms with Crippen molar-refractivity contribution in [1.82, 2.24) is 4.98 Å². The largest absolute Gasteiger partial charge is 0.482 e. The van der Waals surface area contributed by atoms with Crippen molar-refractivity contribution in [1.29, 1.82) is 0 Å². The monoisotopic (exact) mass is 240 g/mol. The van der Waals surface area contributed by atoms with Crippen LogP contribution in [0.5, 0.6) is 5.75 Å². The van der Waals surface area contributed by atoms with Crippen LogP contribution in [0.2, 0.25) is 0 Å². The van der Waals surface area contributed by atoms with Gasteiger partial charge in [0.2, 0.25) is 5.75 Å². The molecule has 7 nitrogen and oxygen atoms in total. The Morgan fingerprint density at radius 3 is 2.76 bits per heavy atom. The molecule has 0 spiro atoms. The molecule has 0 atom stereocenters. The minimum Gasteiger partial charge on any atom is -0.482 e. The molecule has 7 heteroatoms. The van der Waals surface area contributed by atoms with Crippen molar-refractivity contribution in [3.63, 3.8) is 0 Å². The number of ether oxygens (including phenoxy) is 2. The second-order valence-electron chi connectivity index (χ2n) is 3.22. The summed E-state index contributed by atoms with van der Waals surface area (Å²) < 4.78 is 9.76. The Kier molecular flexibility index (Phi) is 4.38. The standard InChI is InChI=1S/C10H12N2O5/c1-7-3-4-9(10(11-7)12(14)15)17-6-5-16-8(2)13/h3-4H,5-6H2,1-2H3. The van der Waals surface area contributed by atoms with E-state index >= 15 is 0 Å². The molecule has 0 aliphatic carbocycles. The number of carbonyl (C=O) groups excluding carboxylic acids is 1. The van der Waals surface area contributed by atoms with Gasteiger partial charge in [-0.15, -0.1) is 0 Å². The first-order valence-corrected chi connectivity index (χ1v) is 4.89. The lowest BCUT2D eigenvalue weighted by Gasteiger charge is -2.06. The van der Waals surface area contributed by atoms with Gasteiger partial charge in [-0.25, -0.2) is 0 Å². The number of rotatable bonds is 5. The maximum absolute atomic E-state index is 10.7. The molecule has 17 heavy (non-hydrogen) atoms. The van der Waals surface area contributed by atoms with Gasteiger partial charge in [-0.1, -0.05) is 0 Å². The highest BCUT2D eigenvalue weighted by atomic mass is 16.6. The fraction of sp³-hybridized carbons (Fsp3) is 0.400. The van der Waals surface area contributed by atoms with Crippen molar-refractivity contribution in [3.8, 4) is 5.75 Å². The first-order valence-electron chi connectivity index (χ1n) is 4.89. The van der Waals surface area contributed by atoms with Crippen molar-refractivity contribution in [2.75, 3.05) is 13.2 Å². The molecule has 0 aliphatic rings. The van der Waals surface area contributed by atoms with Gasteiger partial charge in [-0.3, -0.25) is 4.79 Å². The highest BCUT2D eigenvalue weighted by Gasteiger charge is 2.17. The van der Waals surface area contributed by atoms with Crippen LogP contribution in [0, 0.1) is 17.0 Å². The third kappa shape index (κ3) is 4.06. The SMILES string of the molecule is CC(=O)OCCOc1ccc(C)nc1[N+](=O)[O-]. The van der Waals surface area contributed by atoms with Crippen LogP contribution in [0.3, 0.4) is 0 Å². The minimum absolute atomic E-state index is 0.0420. The molecular weight excluding hydrogens is 228 g/mol. The first-order chi connectivity index (χ1) is 8.00. The molecule has 0 fully saturated rings. The second-order valence-corrected chi connectivity index (χ2v) is 3.22. The van der Waals surface area contributed by atoms with Crippen LogP contribution in [0.4, 0.5) is 5.82 Å². The van der Waals surface area contributed by atoms with Crippen LogP contribution in [0.25, 0.3) is 0 Å². The van der Waals surface area contributed by atoms with Crippen LogP contribution in [-0.4, -0.2) is 29.1 Å². The molecule has 0 bridgehead atoms. The fourth-order valence-electron chi connectivity index (χ4n) is 1.11. The summed E-state index contributed by atoms with van der Waals surface area (Å²) in [7, 11) is 0. The molecule has 0 radical (unpaired) electrons. The van der Waals surface area contributed by atoms with Crippen LogP contribution >= 0.6 is 0 Å². The van der Waals surface area contributed by atoms with E-state index in [0.717, 1.165) is 0 Å². The highest BCUT2D eigenvalue weighted by molar-refractivity contribution is 5.65. The number of pyridine rings is 1. The van der Waals surface area contributed by atoms with Gasteiger partial charge in [0.05, 0.1) is 0 Å². The summed E-state index contributed by atoms with van der Waals surface area (Å²) in [5.41, 5.74) is 0.532. The van der Waals surface area contributed by atoms with E-state index in [1.54, 1.807) is 13.0 Å². The predicted molar refractivity (Wildman–Crippen MR) is 57.8 cm³/mol. The Labute approximate surface area is 97.5 Å². The second kappa shape index (κ2) is 5.78. The number of hydrogen-bond acceptors (Lipinski definition) is 6. The lowest BCUT2D eigenvalue weighted by molar-refractivity contribution is -0.390. The lowest BCUT2D eigenvalue weighted by Crippen LogP contribution is -2.10. The number of nitrogens with zero attached hydrogens (tertiary/aromatic N) is 2. The number of nitro groups is 1. The molecule has 0 aliphatic heterocycles. The topological polar surface area (TPSA) is 91.6 Å². The molecule has 0 saturated heterocycles. The third-order valence-corrected chi connectivity index (χ3v) is 1.80. The van der Waals surface area contributed by atoms with E-state index in [-0.39, 0.29) is 24.8 Å². The Balaban J connectivity index is 2.64. The van der Waals surface area contributed by atoms with E-state index in [2.05, 4.69) is 9.72 Å². The molecule has 0 unspecified atom stereocenters. The maximum atomic E-state index is 10.7. The van der Waals surface area contributed by atoms with Gasteiger partial charge in [-0.2, -0.15) is 0 Å². The number of aromatic nitrogens is 1. The average molecular weight is 240 g/mol. The van der Waals surface area contributed by atoms with Crippen molar-refractivity contribution in [3.05, 3.63) is 27.9 Å². The van der Waals surface area contributed by atoms with Crippen molar-refractivity contribution in [2.45, 2.75) is 13.8 Å². The first kappa shape index (κ1) is 12.9. The van der Waals surface area contributed by atoms with Crippen LogP contribution in [0.1, 0.15) is 12.6 Å². The molecular formula is C10H12N2O5. The van der Waals surface area contributed by atoms with Gasteiger partial charge >= 0.3 is 11.8 Å². The Hall–Kier alpha value is -2.18. The van der Waals surface area contributed by atoms with Crippen LogP contribution in [0.15, 0.2) is 12.1 Å². The van der Waals surface area contributed by atoms with E-state index in [1.165, 1.54) is 13.0 Å². The van der Waals surface area contributed by atoms with E-state index in [9.17, 15) is 14.9 Å². The highest BCUT2D eigenvalue weighted by Crippen LogP contribution is 2.24. The van der Waals surface area contributed by atoms with E-state index in [4.69, 9.17) is 4.74 Å². The van der Waals surface area contributed by atoms with Crippen LogP contribution in [-0.2, 0) is 9.53 Å². The summed E-state index contributed by atoms with van der Waals surface area (Å²) in [4.78, 5) is 24.3. The number of carbonyl (C=O) groups is 1. The van der Waals surface area contributed by atoms with Gasteiger partial charge in [0, 0.05) is 13.8 Å². The normalized spacial score (nSPS) is 9.76. The minimum atomic E-state index is -0.617. The van der Waals surface area contributed by atoms with E-state index in [1.807, 2.05) is 0 Å². The zero-order valence-corrected chi connectivity index (χ0v) is 9.50. The summed E-state index contributed by atoms with van der Waals surface area (Å²) in [5, 5.41) is 10.7. The van der Waals surface area contributed by atoms with Crippen molar-refractivity contribution < 1.29 is 19.2 Å². The molecule has 1 aromatic heterocycles. The van der Waals surface area contributed by atoms with Crippen LogP contribution < -0.4 is 4.74 Å². The smallest absolute Gasteiger partial charge is 0.406 e. The summed E-state index contributed by atoms with van der Waals surface area (Å²) in [6, 6.07) is 3.07. The number of hydrogen-bond donors (Lipinski definition) is 0. The molecule has 92 valence electrons. The Bertz CT molecular complexity index is 433. The van der Waals surface area contributed by atoms with Gasteiger partial charge in [0.15, 0.2) is 0 Å². The third-order valence-electron chi connectivity index (χ3n) is 1.80. The quantitative estimate of drug-likeness (QED) is 0.333. The molecule has 0 amide bonds. The van der Waals surface area contributed by atoms with Gasteiger partial charge in [0.25, 0.3) is 0 Å². The van der Waals surface area contributed by atoms with E-state index in [0.29, 0.717) is 5.69 Å². The lowest BCUT2D eigenvalue weighted by atomic mass is 10.3. The Morgan fingerprint density at radius 1 is 1.47 bits per heavy atom. The summed E-state index contributed by atoms with van der Waals surface area (Å²) in [6.07, 6.45) is 0. The molecule has 1 rings (SSSR count). The molecule has 0 saturated carbocycles. The van der Waals surface area contributed by atoms with Gasteiger partial charge in [-0.05, 0) is 22.0 Å². The number of aryl methyl sites for hydroxylation is 1. The van der Waals surface area contributed by atoms with Crippen molar-refractivity contribution in [2.24, 2.45) is 0 Å².